The van der Waals surface area contributed by atoms with Crippen molar-refractivity contribution in [1.29, 1.82) is 0 Å². The molecule has 0 spiro atoms. The van der Waals surface area contributed by atoms with Gasteiger partial charge in [-0.15, -0.1) is 12.4 Å². The summed E-state index contributed by atoms with van der Waals surface area (Å²) in [5.41, 5.74) is 2.51. The van der Waals surface area contributed by atoms with E-state index in [1.54, 1.807) is 37.6 Å². The van der Waals surface area contributed by atoms with Crippen LogP contribution in [0.3, 0.4) is 0 Å². The summed E-state index contributed by atoms with van der Waals surface area (Å²) in [4.78, 5) is 23.4. The second-order valence-corrected chi connectivity index (χ2v) is 7.65. The summed E-state index contributed by atoms with van der Waals surface area (Å²) in [6, 6.07) is 8.14. The molecule has 0 radical (unpaired) electrons. The number of nitrogens with zero attached hydrogens (tertiary/aromatic N) is 3. The van der Waals surface area contributed by atoms with Gasteiger partial charge in [0.25, 0.3) is 5.91 Å². The number of hydrogen-bond acceptors (Lipinski definition) is 6. The molecule has 0 aliphatic carbocycles. The topological polar surface area (TPSA) is 119 Å². The average Bonchev–Trinajstić information content (AvgIpc) is 2.76. The van der Waals surface area contributed by atoms with E-state index in [2.05, 4.69) is 15.3 Å². The number of hydrogen-bond donors (Lipinski definition) is 2. The van der Waals surface area contributed by atoms with Crippen molar-refractivity contribution in [1.82, 2.24) is 20.2 Å². The molecule has 184 valence electrons. The van der Waals surface area contributed by atoms with Crippen molar-refractivity contribution in [3.05, 3.63) is 70.9 Å². The van der Waals surface area contributed by atoms with Gasteiger partial charge < -0.3 is 25.5 Å². The molecule has 1 aromatic carbocycles. The van der Waals surface area contributed by atoms with E-state index >= 15 is 0 Å². The summed E-state index contributed by atoms with van der Waals surface area (Å²) in [7, 11) is 5.40. The van der Waals surface area contributed by atoms with Crippen LogP contribution in [0, 0.1) is 5.82 Å². The number of ether oxygens (including phenoxy) is 1. The van der Waals surface area contributed by atoms with Crippen LogP contribution in [-0.2, 0) is 11.2 Å². The van der Waals surface area contributed by atoms with Crippen molar-refractivity contribution in [2.24, 2.45) is 0 Å². The van der Waals surface area contributed by atoms with E-state index < -0.39 is 5.91 Å². The van der Waals surface area contributed by atoms with Crippen molar-refractivity contribution in [2.75, 3.05) is 40.9 Å². The zero-order valence-corrected chi connectivity index (χ0v) is 20.2. The van der Waals surface area contributed by atoms with Crippen LogP contribution >= 0.6 is 12.4 Å². The van der Waals surface area contributed by atoms with Crippen LogP contribution < -0.4 is 5.32 Å². The maximum Gasteiger partial charge on any atom is 0.273 e. The Kier molecular flexibility index (Phi) is 11.5. The molecular formula is C24H30ClFN4O4. The minimum absolute atomic E-state index is 0. The molecule has 0 unspecified atom stereocenters. The first-order valence-electron chi connectivity index (χ1n) is 10.2. The van der Waals surface area contributed by atoms with Crippen molar-refractivity contribution in [3.63, 3.8) is 0 Å². The molecule has 3 rings (SSSR count). The lowest BCUT2D eigenvalue weighted by Gasteiger charge is -2.13. The molecule has 0 atom stereocenters. The predicted molar refractivity (Wildman–Crippen MR) is 133 cm³/mol. The number of aromatic nitrogens is 2. The maximum atomic E-state index is 13.2. The maximum absolute atomic E-state index is 13.2. The fourth-order valence-electron chi connectivity index (χ4n) is 3.19. The lowest BCUT2D eigenvalue weighted by Crippen LogP contribution is -2.32. The summed E-state index contributed by atoms with van der Waals surface area (Å²) in [5, 5.41) is 14.1. The molecule has 2 aromatic heterocycles. The summed E-state index contributed by atoms with van der Waals surface area (Å²) >= 11 is 0. The van der Waals surface area contributed by atoms with Gasteiger partial charge in [0.2, 0.25) is 0 Å². The molecule has 0 aliphatic heterocycles. The van der Waals surface area contributed by atoms with Gasteiger partial charge in [0.1, 0.15) is 11.3 Å². The normalized spacial score (nSPS) is 10.9. The number of nitrogens with one attached hydrogen (secondary N) is 1. The monoisotopic (exact) mass is 492 g/mol. The van der Waals surface area contributed by atoms with Gasteiger partial charge in [-0.25, -0.2) is 9.37 Å². The zero-order valence-electron chi connectivity index (χ0n) is 19.3. The molecule has 0 saturated heterocycles. The van der Waals surface area contributed by atoms with Gasteiger partial charge in [-0.1, -0.05) is 18.2 Å². The Balaban J connectivity index is 0.00000289. The zero-order chi connectivity index (χ0) is 23.1. The van der Waals surface area contributed by atoms with E-state index in [-0.39, 0.29) is 40.7 Å². The fraction of sp³-hybridized carbons (Fsp3) is 0.292. The number of benzene rings is 1. The van der Waals surface area contributed by atoms with E-state index in [0.29, 0.717) is 37.2 Å². The van der Waals surface area contributed by atoms with Crippen LogP contribution in [0.25, 0.3) is 17.0 Å². The third kappa shape index (κ3) is 7.46. The van der Waals surface area contributed by atoms with Crippen LogP contribution in [0.15, 0.2) is 42.6 Å². The van der Waals surface area contributed by atoms with Crippen molar-refractivity contribution >= 4 is 35.3 Å². The van der Waals surface area contributed by atoms with E-state index in [1.807, 2.05) is 25.1 Å². The summed E-state index contributed by atoms with van der Waals surface area (Å²) in [5.74, 6) is -1.02. The average molecular weight is 493 g/mol. The molecule has 8 nitrogen and oxygen atoms in total. The number of amides is 1. The first kappa shape index (κ1) is 28.9. The van der Waals surface area contributed by atoms with Crippen molar-refractivity contribution < 1.29 is 24.5 Å². The second kappa shape index (κ2) is 13.6. The number of likely N-dealkylation sites (N-methyl/N-ethyl adjacent to an activating group) is 1. The first-order valence-corrected chi connectivity index (χ1v) is 10.2. The standard InChI is InChI=1S/C24H27FN4O3.ClH.H2O/c1-29(2)11-10-26-24(31)22-23(30)21-19(20(28-22)5-4-12-32-3)14-17(15-27-21)13-16-6-8-18(25)9-7-16;;/h4-9,14-15,30H,10-13H2,1-3H3,(H,26,31);1H;1H2. The predicted octanol–water partition coefficient (Wildman–Crippen LogP) is 2.61. The number of carbonyl (C=O) groups excluding carboxylic acids is 1. The molecule has 4 N–H and O–H groups in total. The van der Waals surface area contributed by atoms with Crippen LogP contribution in [0.2, 0.25) is 0 Å². The van der Waals surface area contributed by atoms with E-state index in [0.717, 1.165) is 11.1 Å². The molecule has 2 heterocycles. The van der Waals surface area contributed by atoms with E-state index in [9.17, 15) is 14.3 Å². The van der Waals surface area contributed by atoms with E-state index in [4.69, 9.17) is 4.74 Å². The molecule has 10 heteroatoms. The van der Waals surface area contributed by atoms with Crippen LogP contribution in [0.5, 0.6) is 5.75 Å². The van der Waals surface area contributed by atoms with Gasteiger partial charge in [-0.3, -0.25) is 9.78 Å². The van der Waals surface area contributed by atoms with Crippen LogP contribution in [-0.4, -0.2) is 72.3 Å². The molecule has 0 fully saturated rings. The lowest BCUT2D eigenvalue weighted by molar-refractivity contribution is 0.0943. The SMILES string of the molecule is COCC=Cc1nc(C(=O)NCCN(C)C)c(O)c2ncc(Cc3ccc(F)cc3)cc12.Cl.O. The Morgan fingerprint density at radius 1 is 1.24 bits per heavy atom. The van der Waals surface area contributed by atoms with Gasteiger partial charge in [0, 0.05) is 31.8 Å². The molecular weight excluding hydrogens is 463 g/mol. The molecule has 3 aromatic rings. The molecule has 1 amide bonds. The number of methoxy groups -OCH3 is 1. The van der Waals surface area contributed by atoms with Gasteiger partial charge in [-0.2, -0.15) is 0 Å². The number of pyridine rings is 2. The number of fused-ring (bicyclic) bond motifs is 1. The third-order valence-corrected chi connectivity index (χ3v) is 4.82. The summed E-state index contributed by atoms with van der Waals surface area (Å²) in [6.45, 7) is 1.45. The highest BCUT2D eigenvalue weighted by Gasteiger charge is 2.19. The molecule has 0 saturated carbocycles. The van der Waals surface area contributed by atoms with Gasteiger partial charge in [-0.05, 0) is 55.9 Å². The number of halogens is 2. The van der Waals surface area contributed by atoms with Crippen LogP contribution in [0.1, 0.15) is 27.3 Å². The van der Waals surface area contributed by atoms with E-state index in [1.165, 1.54) is 12.1 Å². The Morgan fingerprint density at radius 2 is 1.94 bits per heavy atom. The highest BCUT2D eigenvalue weighted by atomic mass is 35.5. The van der Waals surface area contributed by atoms with Crippen LogP contribution in [0.4, 0.5) is 4.39 Å². The highest BCUT2D eigenvalue weighted by Crippen LogP contribution is 2.30. The summed E-state index contributed by atoms with van der Waals surface area (Å²) < 4.78 is 18.3. The Bertz CT molecular complexity index is 1120. The lowest BCUT2D eigenvalue weighted by atomic mass is 10.0. The molecule has 34 heavy (non-hydrogen) atoms. The van der Waals surface area contributed by atoms with Gasteiger partial charge in [0.15, 0.2) is 11.4 Å². The minimum Gasteiger partial charge on any atom is -0.504 e. The Labute approximate surface area is 204 Å². The molecule has 0 aliphatic rings. The van der Waals surface area contributed by atoms with Crippen molar-refractivity contribution in [3.8, 4) is 5.75 Å². The third-order valence-electron chi connectivity index (χ3n) is 4.82. The summed E-state index contributed by atoms with van der Waals surface area (Å²) in [6.07, 6.45) is 5.70. The minimum atomic E-state index is -0.468. The quantitative estimate of drug-likeness (QED) is 0.474. The second-order valence-electron chi connectivity index (χ2n) is 7.65. The first-order chi connectivity index (χ1) is 15.4. The number of rotatable bonds is 9. The number of aromatic hydroxyl groups is 1. The Morgan fingerprint density at radius 3 is 2.59 bits per heavy atom. The Hall–Kier alpha value is -3.11. The molecule has 0 bridgehead atoms. The van der Waals surface area contributed by atoms with Gasteiger partial charge >= 0.3 is 0 Å². The fourth-order valence-corrected chi connectivity index (χ4v) is 3.19. The smallest absolute Gasteiger partial charge is 0.273 e. The van der Waals surface area contributed by atoms with Gasteiger partial charge in [0.05, 0.1) is 12.3 Å². The van der Waals surface area contributed by atoms with Crippen molar-refractivity contribution in [2.45, 2.75) is 6.42 Å². The number of carbonyl (C=O) groups is 1. The largest absolute Gasteiger partial charge is 0.504 e. The highest BCUT2D eigenvalue weighted by molar-refractivity contribution is 6.02.